The van der Waals surface area contributed by atoms with Gasteiger partial charge < -0.3 is 4.74 Å². The average molecular weight is 355 g/mol. The van der Waals surface area contributed by atoms with Crippen LogP contribution in [-0.2, 0) is 4.74 Å². The van der Waals surface area contributed by atoms with Gasteiger partial charge in [-0.15, -0.1) is 0 Å². The minimum atomic E-state index is -0.737. The van der Waals surface area contributed by atoms with Crippen molar-refractivity contribution in [2.75, 3.05) is 7.11 Å². The maximum Gasteiger partial charge on any atom is 0.339 e. The molecule has 0 spiro atoms. The van der Waals surface area contributed by atoms with Crippen LogP contribution in [0.3, 0.4) is 0 Å². The van der Waals surface area contributed by atoms with Crippen LogP contribution in [-0.4, -0.2) is 23.0 Å². The van der Waals surface area contributed by atoms with Gasteiger partial charge in [-0.25, -0.2) is 14.2 Å². The van der Waals surface area contributed by atoms with Crippen LogP contribution in [0.15, 0.2) is 34.9 Å². The summed E-state index contributed by atoms with van der Waals surface area (Å²) in [7, 11) is 1.16. The van der Waals surface area contributed by atoms with E-state index in [-0.39, 0.29) is 21.3 Å². The predicted molar refractivity (Wildman–Crippen MR) is 75.3 cm³/mol. The van der Waals surface area contributed by atoms with E-state index in [0.29, 0.717) is 0 Å². The van der Waals surface area contributed by atoms with Gasteiger partial charge in [0.05, 0.1) is 22.1 Å². The molecule has 0 unspecified atom stereocenters. The third-order valence-electron chi connectivity index (χ3n) is 2.68. The zero-order chi connectivity index (χ0) is 15.6. The van der Waals surface area contributed by atoms with E-state index in [1.165, 1.54) is 12.1 Å². The fourth-order valence-corrected chi connectivity index (χ4v) is 1.93. The number of pyridine rings is 1. The molecule has 0 bridgehead atoms. The maximum atomic E-state index is 13.5. The summed E-state index contributed by atoms with van der Waals surface area (Å²) in [5, 5.41) is 11.1. The predicted octanol–water partition coefficient (Wildman–Crippen LogP) is 3.35. The molecule has 1 aromatic carbocycles. The molecule has 0 atom stereocenters. The van der Waals surface area contributed by atoms with E-state index >= 15 is 0 Å². The van der Waals surface area contributed by atoms with Crippen LogP contribution in [0.25, 0.3) is 11.3 Å². The lowest BCUT2D eigenvalue weighted by Gasteiger charge is -2.05. The van der Waals surface area contributed by atoms with Crippen molar-refractivity contribution in [3.05, 3.63) is 56.4 Å². The van der Waals surface area contributed by atoms with Gasteiger partial charge in [-0.2, -0.15) is 0 Å². The van der Waals surface area contributed by atoms with Crippen molar-refractivity contribution in [1.29, 1.82) is 0 Å². The molecule has 0 amide bonds. The quantitative estimate of drug-likeness (QED) is 0.479. The van der Waals surface area contributed by atoms with Crippen LogP contribution in [0.1, 0.15) is 10.4 Å². The molecule has 0 aliphatic rings. The Kier molecular flexibility index (Phi) is 4.27. The molecular formula is C13H8BrFN2O4. The second-order valence-corrected chi connectivity index (χ2v) is 4.82. The van der Waals surface area contributed by atoms with Crippen LogP contribution >= 0.6 is 15.9 Å². The summed E-state index contributed by atoms with van der Waals surface area (Å²) in [5.41, 5.74) is -0.247. The molecule has 2 rings (SSSR count). The largest absolute Gasteiger partial charge is 0.465 e. The topological polar surface area (TPSA) is 82.3 Å². The molecule has 0 saturated heterocycles. The lowest BCUT2D eigenvalue weighted by Crippen LogP contribution is -2.04. The van der Waals surface area contributed by atoms with E-state index in [4.69, 9.17) is 0 Å². The molecule has 0 radical (unpaired) electrons. The van der Waals surface area contributed by atoms with Crippen molar-refractivity contribution in [3.63, 3.8) is 0 Å². The third-order valence-corrected chi connectivity index (χ3v) is 3.32. The first-order valence-electron chi connectivity index (χ1n) is 5.62. The van der Waals surface area contributed by atoms with Crippen LogP contribution in [0.5, 0.6) is 0 Å². The SMILES string of the molecule is COC(=O)c1cnc(-c2ccc(Br)c(F)c2)c([N+](=O)[O-])c1. The number of hydrogen-bond acceptors (Lipinski definition) is 5. The normalized spacial score (nSPS) is 10.2. The zero-order valence-corrected chi connectivity index (χ0v) is 12.3. The first-order chi connectivity index (χ1) is 9.93. The summed E-state index contributed by atoms with van der Waals surface area (Å²) in [6, 6.07) is 5.08. The molecular weight excluding hydrogens is 347 g/mol. The van der Waals surface area contributed by atoms with Gasteiger partial charge >= 0.3 is 5.97 Å². The molecule has 21 heavy (non-hydrogen) atoms. The van der Waals surface area contributed by atoms with Gasteiger partial charge in [0.25, 0.3) is 5.69 Å². The lowest BCUT2D eigenvalue weighted by molar-refractivity contribution is -0.384. The fourth-order valence-electron chi connectivity index (χ4n) is 1.69. The van der Waals surface area contributed by atoms with Crippen molar-refractivity contribution in [2.45, 2.75) is 0 Å². The molecule has 1 aromatic heterocycles. The summed E-state index contributed by atoms with van der Waals surface area (Å²) >= 11 is 3.00. The van der Waals surface area contributed by atoms with E-state index in [1.807, 2.05) is 0 Å². The highest BCUT2D eigenvalue weighted by Gasteiger charge is 2.21. The van der Waals surface area contributed by atoms with Gasteiger partial charge in [0, 0.05) is 17.8 Å². The van der Waals surface area contributed by atoms with Crippen molar-refractivity contribution in [2.24, 2.45) is 0 Å². The van der Waals surface area contributed by atoms with Crippen LogP contribution in [0.4, 0.5) is 10.1 Å². The molecule has 0 aliphatic carbocycles. The summed E-state index contributed by atoms with van der Waals surface area (Å²) in [4.78, 5) is 25.7. The number of nitrogens with zero attached hydrogens (tertiary/aromatic N) is 2. The van der Waals surface area contributed by atoms with E-state index in [1.54, 1.807) is 0 Å². The molecule has 0 aliphatic heterocycles. The van der Waals surface area contributed by atoms with Crippen LogP contribution in [0.2, 0.25) is 0 Å². The maximum absolute atomic E-state index is 13.5. The Hall–Kier alpha value is -2.35. The van der Waals surface area contributed by atoms with Gasteiger partial charge in [0.1, 0.15) is 11.5 Å². The summed E-state index contributed by atoms with van der Waals surface area (Å²) in [6.45, 7) is 0. The molecule has 0 N–H and O–H groups in total. The van der Waals surface area contributed by atoms with Gasteiger partial charge in [-0.1, -0.05) is 6.07 Å². The summed E-state index contributed by atoms with van der Waals surface area (Å²) < 4.78 is 18.3. The number of halogens is 2. The molecule has 6 nitrogen and oxygen atoms in total. The van der Waals surface area contributed by atoms with Gasteiger partial charge in [0.15, 0.2) is 0 Å². The Bertz CT molecular complexity index is 736. The number of aromatic nitrogens is 1. The highest BCUT2D eigenvalue weighted by molar-refractivity contribution is 9.10. The van der Waals surface area contributed by atoms with Gasteiger partial charge in [0.2, 0.25) is 0 Å². The smallest absolute Gasteiger partial charge is 0.339 e. The number of carbonyl (C=O) groups is 1. The van der Waals surface area contributed by atoms with E-state index in [0.717, 1.165) is 25.4 Å². The number of esters is 1. The van der Waals surface area contributed by atoms with Crippen LogP contribution in [0, 0.1) is 15.9 Å². The second kappa shape index (κ2) is 5.96. The summed E-state index contributed by atoms with van der Waals surface area (Å²) in [6.07, 6.45) is 1.15. The number of hydrogen-bond donors (Lipinski definition) is 0. The Morgan fingerprint density at radius 3 is 2.71 bits per heavy atom. The van der Waals surface area contributed by atoms with E-state index in [2.05, 4.69) is 25.7 Å². The van der Waals surface area contributed by atoms with E-state index < -0.39 is 22.4 Å². The average Bonchev–Trinajstić information content (AvgIpc) is 2.48. The first kappa shape index (κ1) is 15.0. The Balaban J connectivity index is 2.60. The van der Waals surface area contributed by atoms with Crippen molar-refractivity contribution >= 4 is 27.6 Å². The number of carbonyl (C=O) groups excluding carboxylic acids is 1. The molecule has 0 saturated carbocycles. The Morgan fingerprint density at radius 2 is 2.14 bits per heavy atom. The highest BCUT2D eigenvalue weighted by Crippen LogP contribution is 2.30. The zero-order valence-electron chi connectivity index (χ0n) is 10.7. The fraction of sp³-hybridized carbons (Fsp3) is 0.0769. The van der Waals surface area contributed by atoms with Gasteiger partial charge in [-0.05, 0) is 28.1 Å². The molecule has 108 valence electrons. The van der Waals surface area contributed by atoms with Crippen molar-refractivity contribution < 1.29 is 18.8 Å². The highest BCUT2D eigenvalue weighted by atomic mass is 79.9. The number of nitro groups is 1. The standard InChI is InChI=1S/C13H8BrFN2O4/c1-21-13(18)8-5-11(17(19)20)12(16-6-8)7-2-3-9(14)10(15)4-7/h2-6H,1H3. The number of benzene rings is 1. The Labute approximate surface area is 126 Å². The first-order valence-corrected chi connectivity index (χ1v) is 6.41. The monoisotopic (exact) mass is 354 g/mol. The van der Waals surface area contributed by atoms with Crippen molar-refractivity contribution in [3.8, 4) is 11.3 Å². The van der Waals surface area contributed by atoms with Crippen LogP contribution < -0.4 is 0 Å². The third kappa shape index (κ3) is 3.05. The Morgan fingerprint density at radius 1 is 1.43 bits per heavy atom. The molecule has 0 fully saturated rings. The van der Waals surface area contributed by atoms with Crippen molar-refractivity contribution in [1.82, 2.24) is 4.98 Å². The molecule has 1 heterocycles. The second-order valence-electron chi connectivity index (χ2n) is 3.97. The minimum Gasteiger partial charge on any atom is -0.465 e. The lowest BCUT2D eigenvalue weighted by atomic mass is 10.1. The number of methoxy groups -OCH3 is 1. The minimum absolute atomic E-state index is 0.0287. The molecule has 8 heteroatoms. The number of ether oxygens (including phenoxy) is 1. The molecule has 2 aromatic rings. The number of rotatable bonds is 3. The summed E-state index contributed by atoms with van der Waals surface area (Å²) in [5.74, 6) is -1.31. The van der Waals surface area contributed by atoms with Gasteiger partial charge in [-0.3, -0.25) is 10.1 Å². The van der Waals surface area contributed by atoms with E-state index in [9.17, 15) is 19.3 Å².